The van der Waals surface area contributed by atoms with Crippen molar-refractivity contribution in [3.8, 4) is 0 Å². The van der Waals surface area contributed by atoms with Gasteiger partial charge in [-0.15, -0.1) is 0 Å². The normalized spacial score (nSPS) is 12.7. The lowest BCUT2D eigenvalue weighted by atomic mass is 10.4. The molecule has 4 heteroatoms. The van der Waals surface area contributed by atoms with E-state index in [9.17, 15) is 0 Å². The minimum Gasteiger partial charge on any atom is -0.377 e. The molecule has 0 fully saturated rings. The highest BCUT2D eigenvalue weighted by Crippen LogP contribution is 2.05. The number of pyridine rings is 1. The van der Waals surface area contributed by atoms with E-state index < -0.39 is 8.27 Å². The summed E-state index contributed by atoms with van der Waals surface area (Å²) in [5, 5.41) is 0. The third kappa shape index (κ3) is 2.22. The number of halogens is 1. The first-order valence-electron chi connectivity index (χ1n) is 3.93. The van der Waals surface area contributed by atoms with Gasteiger partial charge in [-0.05, 0) is 0 Å². The summed E-state index contributed by atoms with van der Waals surface area (Å²) in [4.78, 5) is 2.07. The van der Waals surface area contributed by atoms with Crippen LogP contribution in [0.15, 0.2) is 24.5 Å². The molecule has 0 spiro atoms. The summed E-state index contributed by atoms with van der Waals surface area (Å²) in [6.07, 6.45) is 4.08. The van der Waals surface area contributed by atoms with Crippen LogP contribution in [0, 0.1) is 0 Å². The van der Waals surface area contributed by atoms with E-state index in [-0.39, 0.29) is 0 Å². The van der Waals surface area contributed by atoms with Gasteiger partial charge in [0.15, 0.2) is 0 Å². The Balaban J connectivity index is 2.86. The highest BCUT2D eigenvalue weighted by atomic mass is 35.6. The van der Waals surface area contributed by atoms with E-state index in [4.69, 9.17) is 11.1 Å². The zero-order valence-corrected chi connectivity index (χ0v) is 9.57. The summed E-state index contributed by atoms with van der Waals surface area (Å²) < 4.78 is 2.09. The van der Waals surface area contributed by atoms with Gasteiger partial charge < -0.3 is 4.90 Å². The fourth-order valence-electron chi connectivity index (χ4n) is 0.965. The van der Waals surface area contributed by atoms with Crippen molar-refractivity contribution in [1.82, 2.24) is 0 Å². The summed E-state index contributed by atoms with van der Waals surface area (Å²) in [7, 11) is 2.85. The van der Waals surface area contributed by atoms with E-state index in [0.717, 1.165) is 0 Å². The van der Waals surface area contributed by atoms with Gasteiger partial charge in [0.25, 0.3) is 0 Å². The molecule has 1 rings (SSSR count). The van der Waals surface area contributed by atoms with E-state index in [0.29, 0.717) is 0 Å². The number of rotatable bonds is 2. The predicted octanol–water partition coefficient (Wildman–Crippen LogP) is 0.977. The van der Waals surface area contributed by atoms with Crippen molar-refractivity contribution in [2.24, 2.45) is 0 Å². The molecule has 1 aromatic rings. The van der Waals surface area contributed by atoms with Crippen LogP contribution >= 0.6 is 11.1 Å². The molecule has 66 valence electrons. The summed E-state index contributed by atoms with van der Waals surface area (Å²) >= 11 is 6.02. The van der Waals surface area contributed by atoms with E-state index >= 15 is 0 Å². The largest absolute Gasteiger partial charge is 0.445 e. The Labute approximate surface area is 79.8 Å². The Morgan fingerprint density at radius 1 is 1.33 bits per heavy atom. The second-order valence-electron chi connectivity index (χ2n) is 2.97. The van der Waals surface area contributed by atoms with Crippen LogP contribution in [-0.2, 0) is 0 Å². The highest BCUT2D eigenvalue weighted by molar-refractivity contribution is 7.01. The van der Waals surface area contributed by atoms with E-state index in [2.05, 4.69) is 27.8 Å². The van der Waals surface area contributed by atoms with Gasteiger partial charge in [0.05, 0.1) is 0 Å². The van der Waals surface area contributed by atoms with Crippen molar-refractivity contribution in [2.75, 3.05) is 19.0 Å². The maximum atomic E-state index is 6.02. The molecule has 0 amide bonds. The van der Waals surface area contributed by atoms with Crippen molar-refractivity contribution in [2.45, 2.75) is 6.55 Å². The monoisotopic (exact) mass is 201 g/mol. The van der Waals surface area contributed by atoms with Gasteiger partial charge in [0, 0.05) is 38.5 Å². The average molecular weight is 202 g/mol. The van der Waals surface area contributed by atoms with E-state index in [1.165, 1.54) is 5.69 Å². The molecule has 1 atom stereocenters. The molecule has 0 aromatic carbocycles. The average Bonchev–Trinajstić information content (AvgIpc) is 2.04. The van der Waals surface area contributed by atoms with Crippen molar-refractivity contribution in [1.29, 1.82) is 0 Å². The van der Waals surface area contributed by atoms with Crippen LogP contribution < -0.4 is 9.13 Å². The van der Waals surface area contributed by atoms with Crippen LogP contribution in [0.25, 0.3) is 0 Å². The van der Waals surface area contributed by atoms with Gasteiger partial charge in [-0.1, -0.05) is 11.1 Å². The fraction of sp³-hybridized carbons (Fsp3) is 0.375. The molecule has 0 radical (unpaired) electrons. The summed E-state index contributed by atoms with van der Waals surface area (Å²) in [6, 6.07) is 4.15. The molecule has 0 aliphatic carbocycles. The van der Waals surface area contributed by atoms with Gasteiger partial charge in [-0.3, -0.25) is 4.23 Å². The predicted molar refractivity (Wildman–Crippen MR) is 55.2 cm³/mol. The zero-order valence-electron chi connectivity index (χ0n) is 7.66. The van der Waals surface area contributed by atoms with Gasteiger partial charge >= 0.3 is 8.27 Å². The number of aromatic nitrogens is 1. The third-order valence-electron chi connectivity index (χ3n) is 1.76. The molecule has 0 saturated heterocycles. The third-order valence-corrected chi connectivity index (χ3v) is 3.60. The quantitative estimate of drug-likeness (QED) is 0.511. The molecule has 1 unspecified atom stereocenters. The zero-order chi connectivity index (χ0) is 9.14. The smallest absolute Gasteiger partial charge is 0.377 e. The topological polar surface area (TPSA) is 7.12 Å². The van der Waals surface area contributed by atoms with Crippen LogP contribution in [0.3, 0.4) is 0 Å². The number of nitrogens with zero attached hydrogens (tertiary/aromatic N) is 2. The molecule has 0 N–H and O–H groups in total. The molecule has 0 aliphatic rings. The van der Waals surface area contributed by atoms with Gasteiger partial charge in [0.1, 0.15) is 12.4 Å². The first-order valence-corrected chi connectivity index (χ1v) is 7.35. The van der Waals surface area contributed by atoms with Crippen LogP contribution in [0.1, 0.15) is 0 Å². The summed E-state index contributed by atoms with van der Waals surface area (Å²) in [5.74, 6) is 0. The lowest BCUT2D eigenvalue weighted by molar-refractivity contribution is -0.532. The minimum atomic E-state index is -1.21. The number of anilines is 1. The lowest BCUT2D eigenvalue weighted by Crippen LogP contribution is -2.44. The molecule has 0 bridgehead atoms. The maximum Gasteiger partial charge on any atom is 0.445 e. The lowest BCUT2D eigenvalue weighted by Gasteiger charge is -2.10. The Morgan fingerprint density at radius 2 is 1.83 bits per heavy atom. The summed E-state index contributed by atoms with van der Waals surface area (Å²) in [5.41, 5.74) is 1.21. The number of hydrogen-bond acceptors (Lipinski definition) is 1. The van der Waals surface area contributed by atoms with Crippen molar-refractivity contribution in [3.05, 3.63) is 24.5 Å². The SMILES string of the molecule is CN(C)c1cc[n+]([SiH](C)Cl)cc1. The first-order chi connectivity index (χ1) is 5.61. The molecular weight excluding hydrogens is 188 g/mol. The second kappa shape index (κ2) is 3.91. The van der Waals surface area contributed by atoms with Gasteiger partial charge in [0.2, 0.25) is 0 Å². The molecule has 2 nitrogen and oxygen atoms in total. The van der Waals surface area contributed by atoms with E-state index in [1.807, 2.05) is 26.5 Å². The summed E-state index contributed by atoms with van der Waals surface area (Å²) in [6.45, 7) is 2.08. The molecule has 12 heavy (non-hydrogen) atoms. The molecule has 0 aliphatic heterocycles. The molecule has 1 heterocycles. The van der Waals surface area contributed by atoms with E-state index in [1.54, 1.807) is 0 Å². The Hall–Kier alpha value is -0.543. The minimum absolute atomic E-state index is 1.21. The first kappa shape index (κ1) is 9.54. The standard InChI is InChI=1S/C8H14ClN2Si/c1-10(2)8-4-6-11(7-5-8)12(3)9/h4-7,12H,1-3H3/q+1. The maximum absolute atomic E-state index is 6.02. The Bertz CT molecular complexity index is 219. The van der Waals surface area contributed by atoms with Crippen LogP contribution in [-0.4, -0.2) is 22.4 Å². The Morgan fingerprint density at radius 3 is 2.17 bits per heavy atom. The Kier molecular flexibility index (Phi) is 3.11. The fourth-order valence-corrected chi connectivity index (χ4v) is 2.00. The van der Waals surface area contributed by atoms with Gasteiger partial charge in [-0.25, -0.2) is 0 Å². The second-order valence-corrected chi connectivity index (χ2v) is 6.61. The van der Waals surface area contributed by atoms with Crippen LogP contribution in [0.5, 0.6) is 0 Å². The molecule has 0 saturated carbocycles. The van der Waals surface area contributed by atoms with Crippen molar-refractivity contribution in [3.63, 3.8) is 0 Å². The highest BCUT2D eigenvalue weighted by Gasteiger charge is 2.11. The van der Waals surface area contributed by atoms with Crippen molar-refractivity contribution < 1.29 is 4.23 Å². The van der Waals surface area contributed by atoms with Crippen LogP contribution in [0.2, 0.25) is 6.55 Å². The van der Waals surface area contributed by atoms with Gasteiger partial charge in [-0.2, -0.15) is 0 Å². The molecule has 1 aromatic heterocycles. The van der Waals surface area contributed by atoms with Crippen LogP contribution in [0.4, 0.5) is 5.69 Å². The number of hydrogen-bond donors (Lipinski definition) is 0. The van der Waals surface area contributed by atoms with Crippen molar-refractivity contribution >= 4 is 25.0 Å². The molecular formula is C8H14ClN2Si+.